The summed E-state index contributed by atoms with van der Waals surface area (Å²) in [6.45, 7) is 8.48. The van der Waals surface area contributed by atoms with E-state index >= 15 is 0 Å². The molecular weight excluding hydrogens is 402 g/mol. The predicted octanol–water partition coefficient (Wildman–Crippen LogP) is 2.76. The van der Waals surface area contributed by atoms with Crippen LogP contribution < -0.4 is 10.6 Å². The van der Waals surface area contributed by atoms with Gasteiger partial charge in [-0.15, -0.1) is 0 Å². The van der Waals surface area contributed by atoms with Crippen molar-refractivity contribution in [2.45, 2.75) is 63.9 Å². The molecule has 3 atom stereocenters. The van der Waals surface area contributed by atoms with Crippen LogP contribution in [0, 0.1) is 0 Å². The zero-order chi connectivity index (χ0) is 22.7. The molecule has 0 spiro atoms. The highest BCUT2D eigenvalue weighted by Crippen LogP contribution is 2.24. The summed E-state index contributed by atoms with van der Waals surface area (Å²) in [6.07, 6.45) is 0.634. The molecule has 2 aliphatic heterocycles. The van der Waals surface area contributed by atoms with Crippen molar-refractivity contribution >= 4 is 11.8 Å². The molecule has 2 N–H and O–H groups in total. The van der Waals surface area contributed by atoms with E-state index in [9.17, 15) is 9.59 Å². The van der Waals surface area contributed by atoms with E-state index in [1.807, 2.05) is 30.3 Å². The topological polar surface area (TPSA) is 70.7 Å². The number of rotatable bonds is 7. The number of nitrogens with one attached hydrogen (secondary N) is 2. The molecule has 2 aromatic carbocycles. The molecule has 2 heterocycles. The van der Waals surface area contributed by atoms with E-state index in [-0.39, 0.29) is 29.9 Å². The van der Waals surface area contributed by atoms with Gasteiger partial charge in [0.15, 0.2) is 0 Å². The van der Waals surface area contributed by atoms with Crippen LogP contribution in [-0.2, 0) is 32.9 Å². The van der Waals surface area contributed by atoms with Gasteiger partial charge in [-0.2, -0.15) is 0 Å². The van der Waals surface area contributed by atoms with Crippen molar-refractivity contribution in [1.29, 1.82) is 0 Å². The Labute approximate surface area is 190 Å². The smallest absolute Gasteiger partial charge is 0.248 e. The zero-order valence-electron chi connectivity index (χ0n) is 19.1. The highest BCUT2D eigenvalue weighted by molar-refractivity contribution is 5.97. The number of carbonyl (C=O) groups excluding carboxylic acids is 2. The number of hydrogen-bond donors (Lipinski definition) is 2. The maximum atomic E-state index is 12.9. The van der Waals surface area contributed by atoms with Crippen LogP contribution in [0.3, 0.4) is 0 Å². The van der Waals surface area contributed by atoms with E-state index in [1.54, 1.807) is 4.90 Å². The average Bonchev–Trinajstić information content (AvgIpc) is 3.21. The van der Waals surface area contributed by atoms with Crippen LogP contribution in [0.2, 0.25) is 0 Å². The molecule has 0 aromatic heterocycles. The molecule has 2 amide bonds. The first kappa shape index (κ1) is 22.5. The minimum atomic E-state index is -0.619. The monoisotopic (exact) mass is 435 g/mol. The van der Waals surface area contributed by atoms with Gasteiger partial charge in [0.05, 0.1) is 13.2 Å². The molecule has 2 saturated heterocycles. The van der Waals surface area contributed by atoms with Crippen LogP contribution in [0.4, 0.5) is 0 Å². The molecular formula is C26H33N3O3. The first-order chi connectivity index (χ1) is 15.3. The normalized spacial score (nSPS) is 23.2. The van der Waals surface area contributed by atoms with E-state index < -0.39 is 12.1 Å². The third-order valence-corrected chi connectivity index (χ3v) is 6.31. The predicted molar refractivity (Wildman–Crippen MR) is 124 cm³/mol. The Hall–Kier alpha value is -2.70. The minimum absolute atomic E-state index is 0.0542. The van der Waals surface area contributed by atoms with Gasteiger partial charge in [-0.1, -0.05) is 75.4 Å². The largest absolute Gasteiger partial charge is 0.374 e. The van der Waals surface area contributed by atoms with Gasteiger partial charge in [0.1, 0.15) is 12.1 Å². The van der Waals surface area contributed by atoms with Gasteiger partial charge in [0.2, 0.25) is 11.8 Å². The van der Waals surface area contributed by atoms with Gasteiger partial charge in [-0.3, -0.25) is 9.59 Å². The number of benzene rings is 2. The van der Waals surface area contributed by atoms with Crippen molar-refractivity contribution in [1.82, 2.24) is 15.5 Å². The van der Waals surface area contributed by atoms with Crippen LogP contribution in [-0.4, -0.2) is 48.0 Å². The molecule has 0 radical (unpaired) electrons. The molecule has 0 aliphatic carbocycles. The fourth-order valence-corrected chi connectivity index (χ4v) is 4.37. The van der Waals surface area contributed by atoms with Gasteiger partial charge in [-0.25, -0.2) is 0 Å². The van der Waals surface area contributed by atoms with Crippen molar-refractivity contribution < 1.29 is 14.3 Å². The third kappa shape index (κ3) is 5.19. The highest BCUT2D eigenvalue weighted by atomic mass is 16.5. The molecule has 6 heteroatoms. The van der Waals surface area contributed by atoms with Crippen molar-refractivity contribution in [2.24, 2.45) is 0 Å². The number of amides is 2. The van der Waals surface area contributed by atoms with Crippen LogP contribution in [0.15, 0.2) is 54.6 Å². The molecule has 32 heavy (non-hydrogen) atoms. The Balaban J connectivity index is 1.28. The van der Waals surface area contributed by atoms with Gasteiger partial charge in [0, 0.05) is 19.1 Å². The van der Waals surface area contributed by atoms with E-state index in [0.29, 0.717) is 19.6 Å². The van der Waals surface area contributed by atoms with Crippen LogP contribution >= 0.6 is 0 Å². The van der Waals surface area contributed by atoms with Crippen LogP contribution in [0.25, 0.3) is 0 Å². The maximum Gasteiger partial charge on any atom is 0.248 e. The highest BCUT2D eigenvalue weighted by Gasteiger charge is 2.46. The fourth-order valence-electron chi connectivity index (χ4n) is 4.37. The summed E-state index contributed by atoms with van der Waals surface area (Å²) in [7, 11) is 0. The second-order valence-electron chi connectivity index (χ2n) is 9.83. The van der Waals surface area contributed by atoms with E-state index in [2.05, 4.69) is 55.7 Å². The standard InChI is InChI=1S/C26H33N3O3/c1-26(2,3)20-11-9-18(10-12-20)14-27-21-13-23-24(30)28-22(25(31)29(23)15-21)17-32-16-19-7-5-4-6-8-19/h4-12,21-23,27H,13-17H2,1-3H3,(H,28,30)/t21-,22-,23-/m0/s1. The maximum absolute atomic E-state index is 12.9. The fraction of sp³-hybridized carbons (Fsp3) is 0.462. The molecule has 0 saturated carbocycles. The number of nitrogens with zero attached hydrogens (tertiary/aromatic N) is 1. The zero-order valence-corrected chi connectivity index (χ0v) is 19.1. The van der Waals surface area contributed by atoms with Gasteiger partial charge >= 0.3 is 0 Å². The molecule has 2 aliphatic rings. The van der Waals surface area contributed by atoms with Crippen LogP contribution in [0.5, 0.6) is 0 Å². The minimum Gasteiger partial charge on any atom is -0.374 e. The van der Waals surface area contributed by atoms with Crippen molar-refractivity contribution in [3.63, 3.8) is 0 Å². The quantitative estimate of drug-likeness (QED) is 0.702. The Bertz CT molecular complexity index is 937. The van der Waals surface area contributed by atoms with E-state index in [4.69, 9.17) is 4.74 Å². The molecule has 4 rings (SSSR count). The summed E-state index contributed by atoms with van der Waals surface area (Å²) < 4.78 is 5.71. The van der Waals surface area contributed by atoms with Crippen LogP contribution in [0.1, 0.15) is 43.9 Å². The first-order valence-electron chi connectivity index (χ1n) is 11.4. The Morgan fingerprint density at radius 2 is 1.75 bits per heavy atom. The van der Waals surface area contributed by atoms with Gasteiger partial charge in [0.25, 0.3) is 0 Å². The second-order valence-corrected chi connectivity index (χ2v) is 9.83. The third-order valence-electron chi connectivity index (χ3n) is 6.31. The number of hydrogen-bond acceptors (Lipinski definition) is 4. The molecule has 2 aromatic rings. The van der Waals surface area contributed by atoms with Gasteiger partial charge < -0.3 is 20.3 Å². The number of fused-ring (bicyclic) bond motifs is 1. The lowest BCUT2D eigenvalue weighted by Crippen LogP contribution is -2.62. The Morgan fingerprint density at radius 3 is 2.44 bits per heavy atom. The Morgan fingerprint density at radius 1 is 1.03 bits per heavy atom. The molecule has 0 bridgehead atoms. The lowest BCUT2D eigenvalue weighted by Gasteiger charge is -2.34. The number of piperazine rings is 1. The summed E-state index contributed by atoms with van der Waals surface area (Å²) in [4.78, 5) is 27.3. The summed E-state index contributed by atoms with van der Waals surface area (Å²) in [5.74, 6) is -0.141. The first-order valence-corrected chi connectivity index (χ1v) is 11.4. The summed E-state index contributed by atoms with van der Waals surface area (Å²) in [5.41, 5.74) is 3.68. The van der Waals surface area contributed by atoms with E-state index in [1.165, 1.54) is 11.1 Å². The Kier molecular flexibility index (Phi) is 6.63. The van der Waals surface area contributed by atoms with Crippen molar-refractivity contribution in [3.8, 4) is 0 Å². The molecule has 0 unspecified atom stereocenters. The summed E-state index contributed by atoms with van der Waals surface area (Å²) in [5, 5.41) is 6.38. The number of ether oxygens (including phenoxy) is 1. The second kappa shape index (κ2) is 9.43. The van der Waals surface area contributed by atoms with E-state index in [0.717, 1.165) is 12.1 Å². The summed E-state index contributed by atoms with van der Waals surface area (Å²) in [6, 6.07) is 17.5. The molecule has 170 valence electrons. The number of carbonyl (C=O) groups is 2. The molecule has 2 fully saturated rings. The SMILES string of the molecule is CC(C)(C)c1ccc(CN[C@H]2C[C@H]3C(=O)N[C@@H](COCc4ccccc4)C(=O)N3C2)cc1. The van der Waals surface area contributed by atoms with Crippen molar-refractivity contribution in [2.75, 3.05) is 13.2 Å². The van der Waals surface area contributed by atoms with Gasteiger partial charge in [-0.05, 0) is 28.5 Å². The summed E-state index contributed by atoms with van der Waals surface area (Å²) >= 11 is 0. The van der Waals surface area contributed by atoms with Crippen molar-refractivity contribution in [3.05, 3.63) is 71.3 Å². The molecule has 6 nitrogen and oxygen atoms in total. The lowest BCUT2D eigenvalue weighted by atomic mass is 9.87. The lowest BCUT2D eigenvalue weighted by molar-refractivity contribution is -0.148. The average molecular weight is 436 g/mol.